The molecule has 6 nitrogen and oxygen atoms in total. The number of carbonyl (C=O) groups is 1. The van der Waals surface area contributed by atoms with E-state index in [-0.39, 0.29) is 12.1 Å². The Morgan fingerprint density at radius 2 is 1.78 bits per heavy atom. The maximum Gasteiger partial charge on any atom is 0.417 e. The minimum Gasteiger partial charge on any atom is -0.478 e. The molecule has 10 heteroatoms. The van der Waals surface area contributed by atoms with Crippen LogP contribution < -0.4 is 10.9 Å². The Morgan fingerprint density at radius 3 is 2.11 bits per heavy atom. The highest BCUT2D eigenvalue weighted by Crippen LogP contribution is 2.36. The lowest BCUT2D eigenvalue weighted by Crippen LogP contribution is -2.20. The number of sulfonamides is 1. The molecule has 0 amide bonds. The second-order valence-electron chi connectivity index (χ2n) is 3.28. The summed E-state index contributed by atoms with van der Waals surface area (Å²) in [6, 6.07) is 0.513. The second kappa shape index (κ2) is 4.14. The Morgan fingerprint density at radius 1 is 1.28 bits per heavy atom. The van der Waals surface area contributed by atoms with E-state index in [0.29, 0.717) is 0 Å². The zero-order chi connectivity index (χ0) is 14.3. The number of halogens is 3. The van der Waals surface area contributed by atoms with Crippen molar-refractivity contribution in [1.29, 1.82) is 0 Å². The fraction of sp³-hybridized carbons (Fsp3) is 0.125. The van der Waals surface area contributed by atoms with E-state index in [4.69, 9.17) is 10.8 Å². The summed E-state index contributed by atoms with van der Waals surface area (Å²) in [5, 5.41) is 13.3. The van der Waals surface area contributed by atoms with E-state index in [1.807, 2.05) is 0 Å². The van der Waals surface area contributed by atoms with E-state index in [0.717, 1.165) is 0 Å². The summed E-state index contributed by atoms with van der Waals surface area (Å²) in [7, 11) is -4.73. The smallest absolute Gasteiger partial charge is 0.417 e. The number of nitrogens with two attached hydrogens (primary N) is 2. The van der Waals surface area contributed by atoms with E-state index < -0.39 is 43.9 Å². The predicted molar refractivity (Wildman–Crippen MR) is 54.2 cm³/mol. The summed E-state index contributed by atoms with van der Waals surface area (Å²) < 4.78 is 59.8. The molecule has 0 aromatic heterocycles. The molecule has 100 valence electrons. The Bertz CT molecular complexity index is 610. The monoisotopic (exact) mass is 284 g/mol. The van der Waals surface area contributed by atoms with Crippen molar-refractivity contribution in [1.82, 2.24) is 0 Å². The molecular formula is C8H7F3N2O4S. The van der Waals surface area contributed by atoms with Gasteiger partial charge >= 0.3 is 12.1 Å². The van der Waals surface area contributed by atoms with Crippen LogP contribution in [0, 0.1) is 0 Å². The van der Waals surface area contributed by atoms with Crippen molar-refractivity contribution in [3.8, 4) is 0 Å². The van der Waals surface area contributed by atoms with Crippen molar-refractivity contribution in [2.24, 2.45) is 5.14 Å². The molecule has 0 aliphatic rings. The number of hydrogen-bond acceptors (Lipinski definition) is 4. The van der Waals surface area contributed by atoms with E-state index >= 15 is 0 Å². The molecule has 0 bridgehead atoms. The number of anilines is 1. The van der Waals surface area contributed by atoms with E-state index in [2.05, 4.69) is 5.14 Å². The Kier molecular flexibility index (Phi) is 3.28. The number of carboxylic acids is 1. The maximum absolute atomic E-state index is 12.6. The van der Waals surface area contributed by atoms with Crippen molar-refractivity contribution in [2.45, 2.75) is 11.1 Å². The van der Waals surface area contributed by atoms with Gasteiger partial charge in [0.15, 0.2) is 0 Å². The molecule has 1 aromatic rings. The van der Waals surface area contributed by atoms with Gasteiger partial charge in [-0.1, -0.05) is 0 Å². The van der Waals surface area contributed by atoms with E-state index in [1.54, 1.807) is 0 Å². The lowest BCUT2D eigenvalue weighted by molar-refractivity contribution is -0.139. The van der Waals surface area contributed by atoms with Crippen LogP contribution in [0.2, 0.25) is 0 Å². The van der Waals surface area contributed by atoms with E-state index in [9.17, 15) is 26.4 Å². The summed E-state index contributed by atoms with van der Waals surface area (Å²) >= 11 is 0. The van der Waals surface area contributed by atoms with Crippen LogP contribution in [0.25, 0.3) is 0 Å². The van der Waals surface area contributed by atoms with Crippen LogP contribution in [0.15, 0.2) is 17.0 Å². The molecule has 0 saturated heterocycles. The third-order valence-corrected chi connectivity index (χ3v) is 2.94. The largest absolute Gasteiger partial charge is 0.478 e. The SMILES string of the molecule is Nc1cc(C(F)(F)F)c(S(N)(=O)=O)cc1C(=O)O. The molecular weight excluding hydrogens is 277 g/mol. The first-order valence-electron chi connectivity index (χ1n) is 4.21. The van der Waals surface area contributed by atoms with Gasteiger partial charge in [-0.05, 0) is 12.1 Å². The van der Waals surface area contributed by atoms with Gasteiger partial charge in [0.1, 0.15) is 0 Å². The van der Waals surface area contributed by atoms with Gasteiger partial charge < -0.3 is 10.8 Å². The van der Waals surface area contributed by atoms with Gasteiger partial charge in [-0.2, -0.15) is 13.2 Å². The lowest BCUT2D eigenvalue weighted by atomic mass is 10.1. The van der Waals surface area contributed by atoms with Gasteiger partial charge in [0, 0.05) is 5.69 Å². The van der Waals surface area contributed by atoms with Gasteiger partial charge in [-0.3, -0.25) is 0 Å². The number of hydrogen-bond donors (Lipinski definition) is 3. The molecule has 5 N–H and O–H groups in total. The van der Waals surface area contributed by atoms with Crippen LogP contribution >= 0.6 is 0 Å². The molecule has 0 spiro atoms. The number of aromatic carboxylic acids is 1. The molecule has 0 aliphatic carbocycles. The minimum atomic E-state index is -5.02. The third-order valence-electron chi connectivity index (χ3n) is 1.99. The molecule has 1 aromatic carbocycles. The summed E-state index contributed by atoms with van der Waals surface area (Å²) in [6.45, 7) is 0. The van der Waals surface area contributed by atoms with Gasteiger partial charge in [-0.15, -0.1) is 0 Å². The third kappa shape index (κ3) is 2.71. The van der Waals surface area contributed by atoms with Crippen LogP contribution in [0.5, 0.6) is 0 Å². The van der Waals surface area contributed by atoms with Crippen molar-refractivity contribution >= 4 is 21.7 Å². The van der Waals surface area contributed by atoms with Crippen molar-refractivity contribution in [3.05, 3.63) is 23.3 Å². The topological polar surface area (TPSA) is 123 Å². The first-order valence-corrected chi connectivity index (χ1v) is 5.76. The Labute approximate surface area is 99.1 Å². The fourth-order valence-corrected chi connectivity index (χ4v) is 2.00. The number of primary sulfonamides is 1. The maximum atomic E-state index is 12.6. The normalized spacial score (nSPS) is 12.4. The number of nitrogen functional groups attached to an aromatic ring is 1. The zero-order valence-electron chi connectivity index (χ0n) is 8.52. The average molecular weight is 284 g/mol. The highest BCUT2D eigenvalue weighted by Gasteiger charge is 2.37. The molecule has 0 heterocycles. The molecule has 0 aliphatic heterocycles. The zero-order valence-corrected chi connectivity index (χ0v) is 9.34. The van der Waals surface area contributed by atoms with Crippen molar-refractivity contribution in [3.63, 3.8) is 0 Å². The molecule has 0 atom stereocenters. The van der Waals surface area contributed by atoms with Crippen LogP contribution in [0.3, 0.4) is 0 Å². The number of benzene rings is 1. The molecule has 0 fully saturated rings. The molecule has 0 unspecified atom stereocenters. The number of alkyl halides is 3. The van der Waals surface area contributed by atoms with Crippen molar-refractivity contribution < 1.29 is 31.5 Å². The van der Waals surface area contributed by atoms with Crippen LogP contribution in [-0.4, -0.2) is 19.5 Å². The second-order valence-corrected chi connectivity index (χ2v) is 4.81. The Hall–Kier alpha value is -1.81. The highest BCUT2D eigenvalue weighted by molar-refractivity contribution is 7.89. The van der Waals surface area contributed by atoms with Crippen molar-refractivity contribution in [2.75, 3.05) is 5.73 Å². The van der Waals surface area contributed by atoms with Crippen LogP contribution in [0.4, 0.5) is 18.9 Å². The first-order chi connectivity index (χ1) is 7.94. The summed E-state index contributed by atoms with van der Waals surface area (Å²) in [5.41, 5.74) is 2.03. The number of rotatable bonds is 2. The Balaban J connectivity index is 3.75. The van der Waals surface area contributed by atoms with E-state index in [1.165, 1.54) is 0 Å². The highest BCUT2D eigenvalue weighted by atomic mass is 32.2. The van der Waals surface area contributed by atoms with Gasteiger partial charge in [0.2, 0.25) is 10.0 Å². The number of carboxylic acid groups (broad SMARTS) is 1. The summed E-state index contributed by atoms with van der Waals surface area (Å²) in [4.78, 5) is 9.33. The lowest BCUT2D eigenvalue weighted by Gasteiger charge is -2.13. The molecule has 0 radical (unpaired) electrons. The molecule has 18 heavy (non-hydrogen) atoms. The standard InChI is InChI=1S/C8H7F3N2O4S/c9-8(10,11)4-2-5(12)3(7(14)15)1-6(4)18(13,16)17/h1-2H,12H2,(H,14,15)(H2,13,16,17). The minimum absolute atomic E-state index is 0.225. The summed E-state index contributed by atoms with van der Waals surface area (Å²) in [5.74, 6) is -1.66. The molecule has 1 rings (SSSR count). The summed E-state index contributed by atoms with van der Waals surface area (Å²) in [6.07, 6.45) is -5.02. The fourth-order valence-electron chi connectivity index (χ4n) is 1.24. The first kappa shape index (κ1) is 14.3. The van der Waals surface area contributed by atoms with Gasteiger partial charge in [0.05, 0.1) is 16.0 Å². The van der Waals surface area contributed by atoms with Crippen LogP contribution in [0.1, 0.15) is 15.9 Å². The predicted octanol–water partition coefficient (Wildman–Crippen LogP) is 0.633. The van der Waals surface area contributed by atoms with Crippen LogP contribution in [-0.2, 0) is 16.2 Å². The molecule has 0 saturated carbocycles. The van der Waals surface area contributed by atoms with Gasteiger partial charge in [0.25, 0.3) is 0 Å². The average Bonchev–Trinajstić information content (AvgIpc) is 2.13. The quantitative estimate of drug-likeness (QED) is 0.687. The van der Waals surface area contributed by atoms with Gasteiger partial charge in [-0.25, -0.2) is 18.4 Å².